The van der Waals surface area contributed by atoms with E-state index in [1.165, 1.54) is 136 Å². The van der Waals surface area contributed by atoms with Gasteiger partial charge in [-0.15, -0.1) is 0 Å². The fourth-order valence-electron chi connectivity index (χ4n) is 11.7. The number of benzene rings is 3. The van der Waals surface area contributed by atoms with Crippen LogP contribution in [0, 0.1) is 0 Å². The van der Waals surface area contributed by atoms with Crippen LogP contribution in [0.1, 0.15) is 256 Å². The van der Waals surface area contributed by atoms with Crippen molar-refractivity contribution < 1.29 is 90.9 Å². The maximum Gasteiger partial charge on any atom is 0.311 e. The van der Waals surface area contributed by atoms with Crippen LogP contribution in [0.4, 0.5) is 0 Å². The highest BCUT2D eigenvalue weighted by molar-refractivity contribution is 5.92. The van der Waals surface area contributed by atoms with E-state index in [4.69, 9.17) is 54.4 Å². The van der Waals surface area contributed by atoms with Crippen molar-refractivity contribution >= 4 is 83.9 Å². The van der Waals surface area contributed by atoms with E-state index in [0.29, 0.717) is 53.2 Å². The lowest BCUT2D eigenvalue weighted by Gasteiger charge is -2.21. The van der Waals surface area contributed by atoms with Gasteiger partial charge in [-0.3, -0.25) is 47.9 Å². The minimum atomic E-state index is -1.40. The number of nitrogens with one attached hydrogen (secondary N) is 10. The highest BCUT2D eigenvalue weighted by atomic mass is 16.7. The first-order valence-electron chi connectivity index (χ1n) is 41.7. The molecule has 0 heterocycles. The second kappa shape index (κ2) is 66.4. The fourth-order valence-corrected chi connectivity index (χ4v) is 11.7. The van der Waals surface area contributed by atoms with Gasteiger partial charge in [-0.1, -0.05) is 175 Å². The molecule has 0 spiro atoms. The topological polar surface area (TPSA) is 476 Å². The van der Waals surface area contributed by atoms with Crippen molar-refractivity contribution in [2.45, 2.75) is 251 Å². The van der Waals surface area contributed by atoms with Crippen molar-refractivity contribution in [3.8, 4) is 34.5 Å². The molecular formula is C83H132N16O19. The summed E-state index contributed by atoms with van der Waals surface area (Å²) >= 11 is 0. The second-order valence-corrected chi connectivity index (χ2v) is 28.1. The summed E-state index contributed by atoms with van der Waals surface area (Å²) in [4.78, 5) is 149. The average molecular weight is 1660 g/mol. The molecule has 118 heavy (non-hydrogen) atoms. The monoisotopic (exact) mass is 1660 g/mol. The second-order valence-electron chi connectivity index (χ2n) is 28.1. The van der Waals surface area contributed by atoms with E-state index in [1.807, 2.05) is 0 Å². The van der Waals surface area contributed by atoms with Gasteiger partial charge in [0.1, 0.15) is 12.1 Å². The number of nitrogens with zero attached hydrogens (tertiary/aromatic N) is 4. The molecule has 0 saturated carbocycles. The van der Waals surface area contributed by atoms with Crippen LogP contribution in [0.3, 0.4) is 0 Å². The summed E-state index contributed by atoms with van der Waals surface area (Å²) in [6.07, 6.45) is 34.4. The zero-order valence-corrected chi connectivity index (χ0v) is 70.2. The number of nitrogens with two attached hydrogens (primary N) is 2. The summed E-state index contributed by atoms with van der Waals surface area (Å²) in [5.74, 6) is -4.23. The molecule has 3 aromatic carbocycles. The van der Waals surface area contributed by atoms with Gasteiger partial charge in [-0.25, -0.2) is 19.5 Å². The molecule has 0 radical (unpaired) electrons. The molecule has 3 rings (SSSR count). The normalized spacial score (nSPS) is 11.6. The molecule has 0 aliphatic heterocycles. The molecule has 658 valence electrons. The molecule has 0 unspecified atom stereocenters. The molecule has 3 aromatic rings. The van der Waals surface area contributed by atoms with Gasteiger partial charge in [-0.2, -0.15) is 32.1 Å². The molecule has 14 N–H and O–H groups in total. The molecule has 35 nitrogen and oxygen atoms in total. The smallest absolute Gasteiger partial charge is 0.311 e. The molecular weight excluding hydrogens is 1530 g/mol. The maximum atomic E-state index is 13.9. The maximum absolute atomic E-state index is 13.9. The number of hydrogen-bond donors (Lipinski definition) is 12. The van der Waals surface area contributed by atoms with Gasteiger partial charge in [0.15, 0.2) is 60.3 Å². The number of aliphatic imine (C=N–C) groups is 1. The first kappa shape index (κ1) is 102. The van der Waals surface area contributed by atoms with E-state index in [9.17, 15) is 47.9 Å². The van der Waals surface area contributed by atoms with Crippen molar-refractivity contribution in [3.63, 3.8) is 0 Å². The predicted octanol–water partition coefficient (Wildman–Crippen LogP) is 8.54. The predicted molar refractivity (Wildman–Crippen MR) is 450 cm³/mol. The minimum Gasteiger partial charge on any atom is -0.493 e. The van der Waals surface area contributed by atoms with Gasteiger partial charge in [0.25, 0.3) is 0 Å². The summed E-state index contributed by atoms with van der Waals surface area (Å²) in [6.45, 7) is 4.82. The summed E-state index contributed by atoms with van der Waals surface area (Å²) in [5.41, 5.74) is 20.1. The van der Waals surface area contributed by atoms with Crippen LogP contribution >= 0.6 is 0 Å². The van der Waals surface area contributed by atoms with E-state index in [2.05, 4.69) is 95.1 Å². The lowest BCUT2D eigenvalue weighted by atomic mass is 10.1. The Bertz CT molecular complexity index is 3540. The van der Waals surface area contributed by atoms with Crippen LogP contribution in [0.5, 0.6) is 34.5 Å². The Labute approximate surface area is 694 Å². The number of hydrogen-bond acceptors (Lipinski definition) is 26. The van der Waals surface area contributed by atoms with Crippen LogP contribution in [0.15, 0.2) is 74.9 Å². The van der Waals surface area contributed by atoms with Crippen molar-refractivity contribution in [1.29, 1.82) is 0 Å². The van der Waals surface area contributed by atoms with Crippen LogP contribution in [-0.2, 0) is 62.5 Å². The third-order valence-electron chi connectivity index (χ3n) is 18.1. The Kier molecular flexibility index (Phi) is 57.1. The molecule has 2 atom stereocenters. The molecule has 7 amide bonds. The average Bonchev–Trinajstić information content (AvgIpc) is 0.872. The van der Waals surface area contributed by atoms with Crippen molar-refractivity contribution in [3.05, 3.63) is 71.3 Å². The minimum absolute atomic E-state index is 0.00972. The van der Waals surface area contributed by atoms with Crippen LogP contribution in [0.25, 0.3) is 0 Å². The first-order valence-corrected chi connectivity index (χ1v) is 41.7. The number of methoxy groups -OCH3 is 3. The molecule has 0 saturated heterocycles. The summed E-state index contributed by atoms with van der Waals surface area (Å²) in [5, 5.41) is 30.1. The Morgan fingerprint density at radius 2 is 0.636 bits per heavy atom. The van der Waals surface area contributed by atoms with Crippen LogP contribution in [-0.4, -0.2) is 176 Å². The van der Waals surface area contributed by atoms with Gasteiger partial charge < -0.3 is 77.1 Å². The third-order valence-corrected chi connectivity index (χ3v) is 18.1. The number of unbranched alkanes of at least 4 members (excludes halogenated alkanes) is 24. The van der Waals surface area contributed by atoms with Crippen molar-refractivity contribution in [2.24, 2.45) is 31.8 Å². The number of carbonyl (C=O) groups excluding carboxylic acids is 10. The van der Waals surface area contributed by atoms with Crippen molar-refractivity contribution in [2.75, 3.05) is 80.4 Å². The Hall–Kier alpha value is -10.7. The third kappa shape index (κ3) is 50.7. The molecule has 0 aliphatic rings. The lowest BCUT2D eigenvalue weighted by Crippen LogP contribution is -2.51. The van der Waals surface area contributed by atoms with Gasteiger partial charge in [0.2, 0.25) is 41.4 Å². The highest BCUT2D eigenvalue weighted by Crippen LogP contribution is 2.31. The highest BCUT2D eigenvalue weighted by Gasteiger charge is 2.27. The number of esters is 3. The zero-order valence-electron chi connectivity index (χ0n) is 70.2. The largest absolute Gasteiger partial charge is 0.493 e. The lowest BCUT2D eigenvalue weighted by molar-refractivity contribution is -0.135. The van der Waals surface area contributed by atoms with Gasteiger partial charge in [0.05, 0.1) is 40.0 Å². The van der Waals surface area contributed by atoms with E-state index in [1.54, 1.807) is 54.6 Å². The zero-order chi connectivity index (χ0) is 85.9. The number of hydrazone groups is 3. The van der Waals surface area contributed by atoms with E-state index < -0.39 is 79.2 Å². The molecule has 0 fully saturated rings. The first-order chi connectivity index (χ1) is 57.3. The van der Waals surface area contributed by atoms with Crippen LogP contribution < -0.4 is 93.9 Å². The molecule has 0 bridgehead atoms. The molecule has 35 heteroatoms. The summed E-state index contributed by atoms with van der Waals surface area (Å²) in [6, 6.07) is 11.8. The number of carbonyl (C=O) groups is 10. The number of guanidine groups is 1. The Balaban J connectivity index is 1.49. The molecule has 0 aliphatic carbocycles. The van der Waals surface area contributed by atoms with Gasteiger partial charge in [-0.05, 0) is 103 Å². The summed E-state index contributed by atoms with van der Waals surface area (Å²) < 4.78 is 33.0. The SMILES string of the molecule is CCCCCCCCCCCC(=O)Oc1ccc(/C=N/NOCC(=O)NCCNC(=O)CC[C@H](N=C(N)N)C(=O)N[C@@H](CCC(=O)NCCNC(=O)CON/N=C/c2ccc(OC(=O)CCCCCCCCCCC)c(OC)c2)C(=O)NCCNC(=O)CON/N=C/c2ccc(OC(=O)CCCCCCCCCCC)c(OC)c2)cc1OC. The Morgan fingerprint density at radius 1 is 0.347 bits per heavy atom. The van der Waals surface area contributed by atoms with E-state index in [-0.39, 0.29) is 100 Å². The number of rotatable bonds is 70. The quantitative estimate of drug-likeness (QED) is 0.00628. The number of ether oxygens (including phenoxy) is 6. The van der Waals surface area contributed by atoms with E-state index in [0.717, 1.165) is 77.0 Å². The molecule has 0 aromatic heterocycles. The van der Waals surface area contributed by atoms with Crippen LogP contribution in [0.2, 0.25) is 0 Å². The fraction of sp³-hybridized carbons (Fsp3) is 0.614. The standard InChI is InChI=1S/C83H132N16O19/c1-7-10-13-16-19-22-25-28-31-34-78(105)116-67-42-37-62(53-70(67)110-4)56-92-97-113-59-75(102)88-49-47-86-73(100)45-40-65(81(108)91-52-51-90-77(104)61-115-99-94-58-64-39-44-69(72(55-64)112-6)118-80(107)36-33-30-27-24-21-18-15-12-9-3)95-82(109)66(96-83(84)85)41-46-74(101)87-48-50-89-76(103)60-114-98-93-57-63-38-43-68(71(54-63)111-5)117-79(106)35-32-29-26-23-20-17-14-11-8-2/h37-39,42-44,53-58,65-66,97-99H,7-36,40-41,45-52,59-61H2,1-6H3,(H,86,100)(H,87,101)(H,88,102)(H,89,103)(H,90,104)(H,91,108)(H,95,109)(H4,84,85,96)/b92-56+,93-57+,94-58+/t65-,66-/m0/s1. The summed E-state index contributed by atoms with van der Waals surface area (Å²) in [7, 11) is 4.35. The Morgan fingerprint density at radius 3 is 0.941 bits per heavy atom. The number of amides is 7. The van der Waals surface area contributed by atoms with Gasteiger partial charge >= 0.3 is 17.9 Å². The van der Waals surface area contributed by atoms with Crippen molar-refractivity contribution in [1.82, 2.24) is 54.0 Å². The van der Waals surface area contributed by atoms with E-state index >= 15 is 0 Å². The van der Waals surface area contributed by atoms with Gasteiger partial charge in [0, 0.05) is 71.4 Å².